The first kappa shape index (κ1) is 15.9. The molecule has 5 nitrogen and oxygen atoms in total. The van der Waals surface area contributed by atoms with Gasteiger partial charge in [-0.1, -0.05) is 27.7 Å². The summed E-state index contributed by atoms with van der Waals surface area (Å²) in [6.07, 6.45) is 1.45. The Hall–Kier alpha value is -1.10. The highest BCUT2D eigenvalue weighted by Crippen LogP contribution is 2.20. The smallest absolute Gasteiger partial charge is 0.326 e. The molecule has 100 valence electrons. The molecule has 0 aromatic carbocycles. The molecule has 0 aliphatic carbocycles. The molecule has 0 radical (unpaired) electrons. The third-order valence-corrected chi connectivity index (χ3v) is 2.69. The first-order chi connectivity index (χ1) is 7.70. The van der Waals surface area contributed by atoms with E-state index in [0.717, 1.165) is 6.42 Å². The third kappa shape index (κ3) is 5.68. The molecule has 17 heavy (non-hydrogen) atoms. The fourth-order valence-electron chi connectivity index (χ4n) is 1.49. The van der Waals surface area contributed by atoms with Crippen molar-refractivity contribution in [3.63, 3.8) is 0 Å². The normalized spacial score (nSPS) is 15.1. The maximum absolute atomic E-state index is 11.8. The summed E-state index contributed by atoms with van der Waals surface area (Å²) < 4.78 is 0. The minimum atomic E-state index is -1.00. The average Bonchev–Trinajstić information content (AvgIpc) is 2.19. The topological polar surface area (TPSA) is 92.4 Å². The zero-order chi connectivity index (χ0) is 13.6. The van der Waals surface area contributed by atoms with Crippen molar-refractivity contribution in [1.82, 2.24) is 5.32 Å². The lowest BCUT2D eigenvalue weighted by molar-refractivity contribution is -0.145. The van der Waals surface area contributed by atoms with E-state index in [1.807, 2.05) is 0 Å². The predicted molar refractivity (Wildman–Crippen MR) is 66.5 cm³/mol. The summed E-state index contributed by atoms with van der Waals surface area (Å²) in [6.45, 7) is 7.69. The molecular formula is C12H24N2O3. The van der Waals surface area contributed by atoms with E-state index < -0.39 is 17.4 Å². The molecule has 4 N–H and O–H groups in total. The minimum absolute atomic E-state index is 0.206. The quantitative estimate of drug-likeness (QED) is 0.649. The minimum Gasteiger partial charge on any atom is -0.480 e. The Morgan fingerprint density at radius 3 is 2.24 bits per heavy atom. The molecular weight excluding hydrogens is 220 g/mol. The number of carboxylic acids is 1. The molecule has 5 heteroatoms. The Labute approximate surface area is 103 Å². The van der Waals surface area contributed by atoms with Crippen molar-refractivity contribution < 1.29 is 14.7 Å². The van der Waals surface area contributed by atoms with Crippen LogP contribution in [0.5, 0.6) is 0 Å². The largest absolute Gasteiger partial charge is 0.480 e. The van der Waals surface area contributed by atoms with Gasteiger partial charge >= 0.3 is 5.97 Å². The van der Waals surface area contributed by atoms with Crippen LogP contribution in [0.1, 0.15) is 40.5 Å². The molecule has 1 unspecified atom stereocenters. The van der Waals surface area contributed by atoms with Crippen LogP contribution in [-0.2, 0) is 9.59 Å². The average molecular weight is 244 g/mol. The van der Waals surface area contributed by atoms with Gasteiger partial charge in [-0.3, -0.25) is 4.79 Å². The molecule has 0 fully saturated rings. The van der Waals surface area contributed by atoms with Crippen molar-refractivity contribution >= 4 is 11.9 Å². The van der Waals surface area contributed by atoms with Crippen molar-refractivity contribution in [2.75, 3.05) is 6.54 Å². The molecule has 0 saturated carbocycles. The van der Waals surface area contributed by atoms with Gasteiger partial charge in [0.2, 0.25) is 5.91 Å². The molecule has 0 bridgehead atoms. The van der Waals surface area contributed by atoms with E-state index in [1.54, 1.807) is 27.7 Å². The van der Waals surface area contributed by atoms with Crippen LogP contribution in [0.15, 0.2) is 0 Å². The predicted octanol–water partition coefficient (Wildman–Crippen LogP) is 0.977. The first-order valence-electron chi connectivity index (χ1n) is 5.93. The van der Waals surface area contributed by atoms with Crippen LogP contribution in [0.25, 0.3) is 0 Å². The fraction of sp³-hybridized carbons (Fsp3) is 0.833. The van der Waals surface area contributed by atoms with E-state index in [1.165, 1.54) is 0 Å². The lowest BCUT2D eigenvalue weighted by Gasteiger charge is -2.28. The van der Waals surface area contributed by atoms with Crippen LogP contribution in [0.2, 0.25) is 0 Å². The highest BCUT2D eigenvalue weighted by Gasteiger charge is 2.33. The van der Waals surface area contributed by atoms with Crippen LogP contribution in [0.4, 0.5) is 0 Å². The van der Waals surface area contributed by atoms with Gasteiger partial charge in [0.25, 0.3) is 0 Å². The fourth-order valence-corrected chi connectivity index (χ4v) is 1.49. The number of carbonyl (C=O) groups excluding carboxylic acids is 1. The van der Waals surface area contributed by atoms with Gasteiger partial charge in [-0.15, -0.1) is 0 Å². The number of rotatable bonds is 6. The van der Waals surface area contributed by atoms with Crippen molar-refractivity contribution in [1.29, 1.82) is 0 Å². The van der Waals surface area contributed by atoms with E-state index >= 15 is 0 Å². The van der Waals surface area contributed by atoms with Gasteiger partial charge in [-0.25, -0.2) is 4.79 Å². The molecule has 2 atom stereocenters. The zero-order valence-electron chi connectivity index (χ0n) is 11.1. The van der Waals surface area contributed by atoms with E-state index in [2.05, 4.69) is 5.32 Å². The number of hydrogen-bond donors (Lipinski definition) is 3. The Morgan fingerprint density at radius 1 is 1.35 bits per heavy atom. The number of nitrogens with two attached hydrogens (primary N) is 1. The number of nitrogens with one attached hydrogen (secondary N) is 1. The molecule has 0 aliphatic heterocycles. The lowest BCUT2D eigenvalue weighted by atomic mass is 9.86. The molecule has 0 aromatic heterocycles. The van der Waals surface area contributed by atoms with Gasteiger partial charge < -0.3 is 16.2 Å². The summed E-state index contributed by atoms with van der Waals surface area (Å²) in [5.41, 5.74) is 4.86. The monoisotopic (exact) mass is 244 g/mol. The van der Waals surface area contributed by atoms with Crippen molar-refractivity contribution in [2.24, 2.45) is 17.1 Å². The number of aliphatic carboxylic acids is 1. The molecule has 0 spiro atoms. The summed E-state index contributed by atoms with van der Waals surface area (Å²) in [6, 6.07) is -0.865. The molecule has 1 amide bonds. The Balaban J connectivity index is 4.47. The summed E-state index contributed by atoms with van der Waals surface area (Å²) in [5.74, 6) is -1.43. The van der Waals surface area contributed by atoms with Crippen molar-refractivity contribution in [3.05, 3.63) is 0 Å². The standard InChI is InChI=1S/C12H24N2O3/c1-8(6-5-7-13)10(15)14-9(11(16)17)12(2,3)4/h8-9H,5-7,13H2,1-4H3,(H,14,15)(H,16,17)/t8?,9-/m0/s1. The van der Waals surface area contributed by atoms with E-state index in [-0.39, 0.29) is 11.8 Å². The van der Waals surface area contributed by atoms with E-state index in [4.69, 9.17) is 10.8 Å². The van der Waals surface area contributed by atoms with Crippen LogP contribution in [-0.4, -0.2) is 29.6 Å². The maximum Gasteiger partial charge on any atom is 0.326 e. The van der Waals surface area contributed by atoms with Crippen LogP contribution in [0.3, 0.4) is 0 Å². The van der Waals surface area contributed by atoms with Gasteiger partial charge in [-0.05, 0) is 24.8 Å². The second-order valence-electron chi connectivity index (χ2n) is 5.48. The number of hydrogen-bond acceptors (Lipinski definition) is 3. The number of carbonyl (C=O) groups is 2. The summed E-state index contributed by atoms with van der Waals surface area (Å²) >= 11 is 0. The molecule has 0 aliphatic rings. The van der Waals surface area contributed by atoms with Gasteiger partial charge in [0.05, 0.1) is 0 Å². The van der Waals surface area contributed by atoms with E-state index in [0.29, 0.717) is 13.0 Å². The summed E-state index contributed by atoms with van der Waals surface area (Å²) in [4.78, 5) is 22.9. The first-order valence-corrected chi connectivity index (χ1v) is 5.93. The maximum atomic E-state index is 11.8. The van der Waals surface area contributed by atoms with Crippen molar-refractivity contribution in [2.45, 2.75) is 46.6 Å². The molecule has 0 saturated heterocycles. The molecule has 0 aromatic rings. The highest BCUT2D eigenvalue weighted by atomic mass is 16.4. The van der Waals surface area contributed by atoms with Gasteiger partial charge in [0, 0.05) is 5.92 Å². The SMILES string of the molecule is CC(CCCN)C(=O)N[C@@H](C(=O)O)C(C)(C)C. The Bertz CT molecular complexity index is 271. The zero-order valence-corrected chi connectivity index (χ0v) is 11.1. The van der Waals surface area contributed by atoms with Crippen LogP contribution in [0, 0.1) is 11.3 Å². The van der Waals surface area contributed by atoms with Gasteiger partial charge in [0.1, 0.15) is 6.04 Å². The number of amides is 1. The van der Waals surface area contributed by atoms with Crippen LogP contribution < -0.4 is 11.1 Å². The number of carboxylic acid groups (broad SMARTS) is 1. The second-order valence-corrected chi connectivity index (χ2v) is 5.48. The molecule has 0 heterocycles. The summed E-state index contributed by atoms with van der Waals surface area (Å²) in [5, 5.41) is 11.7. The second kappa shape index (κ2) is 6.59. The van der Waals surface area contributed by atoms with Crippen LogP contribution >= 0.6 is 0 Å². The van der Waals surface area contributed by atoms with E-state index in [9.17, 15) is 9.59 Å². The lowest BCUT2D eigenvalue weighted by Crippen LogP contribution is -2.50. The Kier molecular flexibility index (Phi) is 6.16. The Morgan fingerprint density at radius 2 is 1.88 bits per heavy atom. The molecule has 0 rings (SSSR count). The van der Waals surface area contributed by atoms with Gasteiger partial charge in [-0.2, -0.15) is 0 Å². The summed E-state index contributed by atoms with van der Waals surface area (Å²) in [7, 11) is 0. The van der Waals surface area contributed by atoms with Crippen molar-refractivity contribution in [3.8, 4) is 0 Å². The third-order valence-electron chi connectivity index (χ3n) is 2.69. The van der Waals surface area contributed by atoms with Gasteiger partial charge in [0.15, 0.2) is 0 Å². The highest BCUT2D eigenvalue weighted by molar-refractivity contribution is 5.85.